The highest BCUT2D eigenvalue weighted by molar-refractivity contribution is 5.89. The first-order chi connectivity index (χ1) is 30.4. The van der Waals surface area contributed by atoms with Gasteiger partial charge in [-0.05, 0) is 141 Å². The molecule has 0 aliphatic heterocycles. The summed E-state index contributed by atoms with van der Waals surface area (Å²) in [6, 6.07) is 46.6. The van der Waals surface area contributed by atoms with E-state index in [9.17, 15) is 0 Å². The zero-order chi connectivity index (χ0) is 44.4. The molecule has 8 aromatic rings. The number of nitrogens with zero attached hydrogens (tertiary/aromatic N) is 2. The summed E-state index contributed by atoms with van der Waals surface area (Å²) in [7, 11) is 0. The third-order valence-electron chi connectivity index (χ3n) is 13.6. The SMILES string of the molecule is CCCCC.CC[C@H]1CC1(C)c1ccc(-c2c(C)cc(-c3ccc4oc(-c5ccccc5)cc4c3)cc2C)cc1-c1nccn1-c1c(C(C)C)cc(-c2ccccc2)cc1C(C)C. The summed E-state index contributed by atoms with van der Waals surface area (Å²) in [5.74, 6) is 3.23. The van der Waals surface area contributed by atoms with Gasteiger partial charge in [-0.25, -0.2) is 4.98 Å². The number of aryl methyl sites for hydroxylation is 2. The maximum absolute atomic E-state index is 6.25. The van der Waals surface area contributed by atoms with E-state index < -0.39 is 0 Å². The minimum atomic E-state index is 0.123. The fourth-order valence-electron chi connectivity index (χ4n) is 9.99. The molecule has 0 radical (unpaired) electrons. The van der Waals surface area contributed by atoms with Gasteiger partial charge in [0.05, 0.1) is 5.69 Å². The van der Waals surface area contributed by atoms with Crippen LogP contribution in [0.1, 0.15) is 127 Å². The average molecular weight is 831 g/mol. The van der Waals surface area contributed by atoms with E-state index in [1.54, 1.807) is 0 Å². The van der Waals surface area contributed by atoms with Crippen LogP contribution in [0.15, 0.2) is 144 Å². The van der Waals surface area contributed by atoms with Crippen molar-refractivity contribution in [3.8, 4) is 61.8 Å². The summed E-state index contributed by atoms with van der Waals surface area (Å²) < 4.78 is 8.66. The quantitative estimate of drug-likeness (QED) is 0.123. The molecule has 0 N–H and O–H groups in total. The largest absolute Gasteiger partial charge is 0.456 e. The zero-order valence-electron chi connectivity index (χ0n) is 39.3. The number of furan rings is 1. The van der Waals surface area contributed by atoms with Crippen molar-refractivity contribution < 1.29 is 4.42 Å². The van der Waals surface area contributed by atoms with Gasteiger partial charge in [0, 0.05) is 28.9 Å². The Kier molecular flexibility index (Phi) is 12.8. The van der Waals surface area contributed by atoms with Gasteiger partial charge in [0.15, 0.2) is 0 Å². The maximum Gasteiger partial charge on any atom is 0.144 e. The lowest BCUT2D eigenvalue weighted by Gasteiger charge is -2.25. The molecular weight excluding hydrogens is 765 g/mol. The highest BCUT2D eigenvalue weighted by Crippen LogP contribution is 2.58. The summed E-state index contributed by atoms with van der Waals surface area (Å²) in [6.45, 7) is 23.0. The molecule has 0 saturated heterocycles. The smallest absolute Gasteiger partial charge is 0.144 e. The Hall–Kier alpha value is -5.93. The zero-order valence-corrected chi connectivity index (χ0v) is 39.3. The summed E-state index contributed by atoms with van der Waals surface area (Å²) in [5.41, 5.74) is 18.7. The third kappa shape index (κ3) is 8.72. The van der Waals surface area contributed by atoms with Gasteiger partial charge >= 0.3 is 0 Å². The topological polar surface area (TPSA) is 31.0 Å². The third-order valence-corrected chi connectivity index (χ3v) is 13.6. The highest BCUT2D eigenvalue weighted by Gasteiger charge is 2.51. The number of imidazole rings is 1. The van der Waals surface area contributed by atoms with Gasteiger partial charge in [0.2, 0.25) is 0 Å². The second-order valence-electron chi connectivity index (χ2n) is 18.9. The first-order valence-corrected chi connectivity index (χ1v) is 23.6. The second-order valence-corrected chi connectivity index (χ2v) is 18.9. The molecule has 0 bridgehead atoms. The molecule has 9 rings (SSSR count). The number of aromatic nitrogens is 2. The molecule has 1 saturated carbocycles. The van der Waals surface area contributed by atoms with Crippen molar-refractivity contribution in [1.29, 1.82) is 0 Å². The van der Waals surface area contributed by atoms with Crippen molar-refractivity contribution >= 4 is 11.0 Å². The van der Waals surface area contributed by atoms with E-state index in [-0.39, 0.29) is 5.41 Å². The van der Waals surface area contributed by atoms with E-state index in [4.69, 9.17) is 9.40 Å². The standard InChI is InChI=1S/C55H54N2O.C5H12/c1-9-45-33-55(45,8)49-22-20-41(52-36(6)26-42(27-37(52)7)40-21-23-50-44(28-40)32-51(58-50)39-18-14-11-15-19-39)29-48(49)54-56-24-25-57(54)53-46(34(2)3)30-43(31-47(53)35(4)5)38-16-12-10-13-17-38;1-3-5-4-2/h10-32,34-35,45H,9,33H2,1-8H3;3-5H2,1-2H3/t45-,55?;/m0./s1. The van der Waals surface area contributed by atoms with Crippen molar-refractivity contribution in [2.75, 3.05) is 0 Å². The number of rotatable bonds is 12. The first-order valence-electron chi connectivity index (χ1n) is 23.6. The van der Waals surface area contributed by atoms with Crippen LogP contribution < -0.4 is 0 Å². The van der Waals surface area contributed by atoms with E-state index >= 15 is 0 Å². The van der Waals surface area contributed by atoms with Crippen LogP contribution in [0.3, 0.4) is 0 Å². The van der Waals surface area contributed by atoms with Gasteiger partial charge in [-0.2, -0.15) is 0 Å². The summed E-state index contributed by atoms with van der Waals surface area (Å²) in [6.07, 6.45) is 10.7. The Morgan fingerprint density at radius 3 is 1.83 bits per heavy atom. The Balaban J connectivity index is 0.00000103. The van der Waals surface area contributed by atoms with Gasteiger partial charge in [0.25, 0.3) is 0 Å². The lowest BCUT2D eigenvalue weighted by molar-refractivity contribution is 0.631. The molecule has 1 fully saturated rings. The minimum Gasteiger partial charge on any atom is -0.456 e. The molecule has 2 atom stereocenters. The number of benzene rings is 6. The maximum atomic E-state index is 6.25. The van der Waals surface area contributed by atoms with Crippen molar-refractivity contribution in [1.82, 2.24) is 9.55 Å². The predicted octanol–water partition coefficient (Wildman–Crippen LogP) is 17.7. The van der Waals surface area contributed by atoms with Gasteiger partial charge in [-0.3, -0.25) is 4.57 Å². The molecule has 0 spiro atoms. The molecule has 0 amide bonds. The van der Waals surface area contributed by atoms with Gasteiger partial charge in [-0.15, -0.1) is 0 Å². The van der Waals surface area contributed by atoms with Crippen LogP contribution in [-0.4, -0.2) is 9.55 Å². The van der Waals surface area contributed by atoms with Crippen molar-refractivity contribution in [2.45, 2.75) is 119 Å². The number of hydrogen-bond acceptors (Lipinski definition) is 2. The van der Waals surface area contributed by atoms with Crippen molar-refractivity contribution in [3.05, 3.63) is 168 Å². The molecule has 3 nitrogen and oxygen atoms in total. The van der Waals surface area contributed by atoms with E-state index in [0.717, 1.165) is 28.1 Å². The normalized spacial score (nSPS) is 15.8. The molecule has 3 heteroatoms. The fraction of sp³-hybridized carbons (Fsp3) is 0.317. The molecule has 1 aliphatic carbocycles. The first kappa shape index (κ1) is 43.7. The van der Waals surface area contributed by atoms with Gasteiger partial charge in [0.1, 0.15) is 17.2 Å². The van der Waals surface area contributed by atoms with E-state index in [1.807, 2.05) is 12.3 Å². The molecular formula is C60H66N2O. The monoisotopic (exact) mass is 831 g/mol. The van der Waals surface area contributed by atoms with Crippen LogP contribution in [0.5, 0.6) is 0 Å². The Bertz CT molecular complexity index is 2780. The predicted molar refractivity (Wildman–Crippen MR) is 269 cm³/mol. The van der Waals surface area contributed by atoms with Crippen LogP contribution in [-0.2, 0) is 5.41 Å². The van der Waals surface area contributed by atoms with E-state index in [1.165, 1.54) is 105 Å². The second kappa shape index (κ2) is 18.4. The van der Waals surface area contributed by atoms with Crippen LogP contribution in [0, 0.1) is 19.8 Å². The lowest BCUT2D eigenvalue weighted by Crippen LogP contribution is -2.12. The Labute approximate surface area is 377 Å². The van der Waals surface area contributed by atoms with Gasteiger partial charge < -0.3 is 4.42 Å². The van der Waals surface area contributed by atoms with E-state index in [2.05, 4.69) is 201 Å². The van der Waals surface area contributed by atoms with Crippen molar-refractivity contribution in [3.63, 3.8) is 0 Å². The average Bonchev–Trinajstić information content (AvgIpc) is 3.56. The van der Waals surface area contributed by atoms with Gasteiger partial charge in [-0.1, -0.05) is 172 Å². The highest BCUT2D eigenvalue weighted by atomic mass is 16.3. The molecule has 322 valence electrons. The Morgan fingerprint density at radius 2 is 1.25 bits per heavy atom. The van der Waals surface area contributed by atoms with Crippen molar-refractivity contribution in [2.24, 2.45) is 5.92 Å². The molecule has 2 aromatic heterocycles. The molecule has 6 aromatic carbocycles. The van der Waals surface area contributed by atoms with Crippen LogP contribution >= 0.6 is 0 Å². The molecule has 63 heavy (non-hydrogen) atoms. The minimum absolute atomic E-state index is 0.123. The molecule has 1 unspecified atom stereocenters. The number of unbranched alkanes of at least 4 members (excludes halogenated alkanes) is 2. The summed E-state index contributed by atoms with van der Waals surface area (Å²) >= 11 is 0. The Morgan fingerprint density at radius 1 is 0.651 bits per heavy atom. The van der Waals surface area contributed by atoms with Crippen LogP contribution in [0.2, 0.25) is 0 Å². The summed E-state index contributed by atoms with van der Waals surface area (Å²) in [5, 5.41) is 1.11. The lowest BCUT2D eigenvalue weighted by atomic mass is 9.85. The summed E-state index contributed by atoms with van der Waals surface area (Å²) in [4.78, 5) is 5.23. The van der Waals surface area contributed by atoms with Crippen LogP contribution in [0.25, 0.3) is 72.7 Å². The molecule has 2 heterocycles. The van der Waals surface area contributed by atoms with Crippen LogP contribution in [0.4, 0.5) is 0 Å². The number of hydrogen-bond donors (Lipinski definition) is 0. The number of fused-ring (bicyclic) bond motifs is 1. The molecule has 1 aliphatic rings. The fourth-order valence-corrected chi connectivity index (χ4v) is 9.99. The van der Waals surface area contributed by atoms with E-state index in [0.29, 0.717) is 17.8 Å².